The molecule has 1 aliphatic heterocycles. The quantitative estimate of drug-likeness (QED) is 0.294. The molecular formula is C27H28B2N6Pt. The number of benzene rings is 2. The normalized spacial score (nSPS) is 13.9. The Hall–Kier alpha value is -3.05. The Morgan fingerprint density at radius 1 is 0.528 bits per heavy atom. The summed E-state index contributed by atoms with van der Waals surface area (Å²) in [6.45, 7) is 0.248. The summed E-state index contributed by atoms with van der Waals surface area (Å²) in [5.74, 6) is 0. The molecule has 0 bridgehead atoms. The van der Waals surface area contributed by atoms with E-state index in [-0.39, 0.29) is 13.7 Å². The molecular weight excluding hydrogens is 625 g/mol. The molecule has 1 aliphatic rings. The molecule has 0 radical (unpaired) electrons. The molecule has 0 N–H and O–H groups in total. The van der Waals surface area contributed by atoms with E-state index in [1.807, 2.05) is 49.1 Å². The standard InChI is InChI=1S/C27H28B2N6.Pt/c1-32(2)28-29(33(3)4)35(27-11-7-23(8-12-27)25-15-19-31-20-16-25)21-34(28)26-9-5-22(6-10-26)24-13-17-30-18-14-24;/h5-20H,1-4H3;. The van der Waals surface area contributed by atoms with E-state index in [2.05, 4.69) is 125 Å². The molecule has 0 aliphatic carbocycles. The van der Waals surface area contributed by atoms with Crippen molar-refractivity contribution < 1.29 is 19.4 Å². The molecule has 5 rings (SSSR count). The van der Waals surface area contributed by atoms with E-state index in [0.29, 0.717) is 0 Å². The Morgan fingerprint density at radius 3 is 1.14 bits per heavy atom. The van der Waals surface area contributed by atoms with E-state index in [0.717, 1.165) is 0 Å². The van der Waals surface area contributed by atoms with E-state index in [4.69, 9.17) is 0 Å². The molecule has 0 unspecified atom stereocenters. The van der Waals surface area contributed by atoms with Gasteiger partial charge in [0, 0.05) is 0 Å². The van der Waals surface area contributed by atoms with Gasteiger partial charge in [-0.05, 0) is 0 Å². The molecule has 0 amide bonds. The van der Waals surface area contributed by atoms with Gasteiger partial charge in [-0.15, -0.1) is 0 Å². The van der Waals surface area contributed by atoms with Crippen LogP contribution in [0, 0.1) is 0 Å². The van der Waals surface area contributed by atoms with E-state index < -0.39 is 0 Å². The van der Waals surface area contributed by atoms with Gasteiger partial charge in [-0.25, -0.2) is 0 Å². The number of nitrogens with zero attached hydrogens (tertiary/aromatic N) is 6. The van der Waals surface area contributed by atoms with Gasteiger partial charge in [0.2, 0.25) is 0 Å². The van der Waals surface area contributed by atoms with Crippen LogP contribution in [0.2, 0.25) is 0 Å². The summed E-state index contributed by atoms with van der Waals surface area (Å²) in [7, 11) is 8.61. The molecule has 3 heterocycles. The summed E-state index contributed by atoms with van der Waals surface area (Å²) in [6, 6.07) is 25.8. The molecule has 2 aromatic carbocycles. The van der Waals surface area contributed by atoms with Crippen LogP contribution in [0.1, 0.15) is 0 Å². The first-order valence-electron chi connectivity index (χ1n) is 11.9. The van der Waals surface area contributed by atoms with Crippen molar-refractivity contribution in [3.05, 3.63) is 97.6 Å². The summed E-state index contributed by atoms with van der Waals surface area (Å²) in [4.78, 5) is 17.7. The van der Waals surface area contributed by atoms with Crippen molar-refractivity contribution in [3.8, 4) is 22.3 Å². The van der Waals surface area contributed by atoms with Crippen molar-refractivity contribution in [2.24, 2.45) is 0 Å². The van der Waals surface area contributed by atoms with Crippen LogP contribution in [0.15, 0.2) is 97.6 Å². The maximum atomic E-state index is 4.14. The van der Waals surface area contributed by atoms with Crippen LogP contribution in [0.4, 0.5) is 11.4 Å². The summed E-state index contributed by atoms with van der Waals surface area (Å²) < 4.78 is 1.17. The molecule has 1 saturated heterocycles. The molecule has 0 saturated carbocycles. The van der Waals surface area contributed by atoms with Crippen molar-refractivity contribution >= 4 is 29.3 Å². The molecule has 0 atom stereocenters. The summed E-state index contributed by atoms with van der Waals surface area (Å²) in [6.07, 6.45) is 7.34. The topological polar surface area (TPSA) is 38.7 Å². The molecule has 4 aromatic rings. The number of aromatic nitrogens is 2. The molecule has 0 spiro atoms. The predicted molar refractivity (Wildman–Crippen MR) is 148 cm³/mol. The fourth-order valence-electron chi connectivity index (χ4n) is 4.80. The third kappa shape index (κ3) is 4.69. The Balaban J connectivity index is 1.51. The first-order valence-corrected chi connectivity index (χ1v) is 13.0. The van der Waals surface area contributed by atoms with E-state index >= 15 is 0 Å². The minimum atomic E-state index is 0.124. The monoisotopic (exact) mass is 653 g/mol. The van der Waals surface area contributed by atoms with Gasteiger partial charge in [0.15, 0.2) is 0 Å². The Kier molecular flexibility index (Phi) is 7.19. The fraction of sp³-hybridized carbons (Fsp3) is 0.148. The minimum absolute atomic E-state index is 0.124. The van der Waals surface area contributed by atoms with E-state index in [9.17, 15) is 0 Å². The zero-order valence-corrected chi connectivity index (χ0v) is 23.2. The molecule has 2 aromatic heterocycles. The van der Waals surface area contributed by atoms with Crippen molar-refractivity contribution in [3.63, 3.8) is 0 Å². The van der Waals surface area contributed by atoms with Gasteiger partial charge >= 0.3 is 226 Å². The molecule has 182 valence electrons. The Labute approximate surface area is 225 Å². The van der Waals surface area contributed by atoms with Gasteiger partial charge in [0.05, 0.1) is 0 Å². The second kappa shape index (κ2) is 10.5. The summed E-state index contributed by atoms with van der Waals surface area (Å²) in [5, 5.41) is 0. The Morgan fingerprint density at radius 2 is 0.833 bits per heavy atom. The zero-order valence-electron chi connectivity index (χ0n) is 20.9. The van der Waals surface area contributed by atoms with Crippen LogP contribution in [0.25, 0.3) is 22.3 Å². The van der Waals surface area contributed by atoms with Crippen LogP contribution in [0.5, 0.6) is 0 Å². The number of rotatable bonds is 6. The molecule has 6 nitrogen and oxygen atoms in total. The van der Waals surface area contributed by atoms with Gasteiger partial charge in [-0.2, -0.15) is 0 Å². The first kappa shape index (κ1) is 24.6. The summed E-state index contributed by atoms with van der Waals surface area (Å²) in [5.41, 5.74) is 7.04. The van der Waals surface area contributed by atoms with Crippen LogP contribution < -0.4 is 9.62 Å². The average Bonchev–Trinajstić information content (AvgIpc) is 3.23. The van der Waals surface area contributed by atoms with Gasteiger partial charge in [-0.3, -0.25) is 0 Å². The van der Waals surface area contributed by atoms with Crippen LogP contribution in [-0.2, 0) is 19.4 Å². The first-order chi connectivity index (χ1) is 17.5. The molecule has 1 fully saturated rings. The number of anilines is 2. The Bertz CT molecular complexity index is 1220. The zero-order chi connectivity index (χ0) is 25.2. The SMILES string of the molecule is CN(C)B1B(N(C)C)N(c2ccc(-c3ccncc3)cc2)[C](=[Pt])N1c1ccc(-c2ccncc2)cc1. The fourth-order valence-corrected chi connectivity index (χ4v) is 5.99. The second-order valence-corrected chi connectivity index (χ2v) is 10.3. The van der Waals surface area contributed by atoms with Gasteiger partial charge < -0.3 is 0 Å². The summed E-state index contributed by atoms with van der Waals surface area (Å²) >= 11 is 2.48. The third-order valence-corrected chi connectivity index (χ3v) is 7.63. The number of hydrogen-bond acceptors (Lipinski definition) is 6. The third-order valence-electron chi connectivity index (χ3n) is 6.54. The predicted octanol–water partition coefficient (Wildman–Crippen LogP) is 3.95. The number of hydrogen-bond donors (Lipinski definition) is 0. The average molecular weight is 653 g/mol. The van der Waals surface area contributed by atoms with Crippen molar-refractivity contribution in [2.45, 2.75) is 0 Å². The maximum absolute atomic E-state index is 4.14. The second-order valence-electron chi connectivity index (χ2n) is 9.30. The van der Waals surface area contributed by atoms with E-state index in [1.54, 1.807) is 0 Å². The van der Waals surface area contributed by atoms with Crippen molar-refractivity contribution in [2.75, 3.05) is 37.8 Å². The van der Waals surface area contributed by atoms with Crippen LogP contribution in [0.3, 0.4) is 0 Å². The van der Waals surface area contributed by atoms with Gasteiger partial charge in [0.25, 0.3) is 0 Å². The van der Waals surface area contributed by atoms with Gasteiger partial charge in [0.1, 0.15) is 0 Å². The van der Waals surface area contributed by atoms with Crippen LogP contribution >= 0.6 is 0 Å². The molecule has 9 heteroatoms. The van der Waals surface area contributed by atoms with E-state index in [1.165, 1.54) is 37.8 Å². The van der Waals surface area contributed by atoms with Crippen molar-refractivity contribution in [1.29, 1.82) is 0 Å². The van der Waals surface area contributed by atoms with Crippen LogP contribution in [-0.4, -0.2) is 65.7 Å². The number of pyridine rings is 2. The van der Waals surface area contributed by atoms with Gasteiger partial charge in [-0.1, -0.05) is 0 Å². The van der Waals surface area contributed by atoms with Crippen molar-refractivity contribution in [1.82, 2.24) is 19.6 Å². The molecule has 36 heavy (non-hydrogen) atoms.